The molecule has 1 aliphatic rings. The quantitative estimate of drug-likeness (QED) is 0.541. The second-order valence-electron chi connectivity index (χ2n) is 6.59. The number of para-hydroxylation sites is 1. The van der Waals surface area contributed by atoms with Crippen LogP contribution < -0.4 is 4.90 Å². The number of nitrogens with one attached hydrogen (secondary N) is 1. The molecule has 0 aliphatic carbocycles. The van der Waals surface area contributed by atoms with E-state index in [2.05, 4.69) is 4.98 Å². The summed E-state index contributed by atoms with van der Waals surface area (Å²) >= 11 is 0. The number of anilines is 1. The van der Waals surface area contributed by atoms with Crippen LogP contribution in [-0.2, 0) is 19.1 Å². The highest BCUT2D eigenvalue weighted by atomic mass is 16.5. The average molecular weight is 388 g/mol. The molecular weight excluding hydrogens is 368 g/mol. The van der Waals surface area contributed by atoms with Gasteiger partial charge in [0.25, 0.3) is 0 Å². The zero-order valence-corrected chi connectivity index (χ0v) is 16.1. The number of fused-ring (bicyclic) bond motifs is 2. The summed E-state index contributed by atoms with van der Waals surface area (Å²) in [5, 5.41) is 1.00. The van der Waals surface area contributed by atoms with Crippen molar-refractivity contribution in [2.75, 3.05) is 19.1 Å². The SMILES string of the molecule is COC(=O)/C=C(\C(=O)OC)C1c2ccccc2C=CN1c1c[nH]c2ccccc12. The number of hydrogen-bond acceptors (Lipinski definition) is 5. The Balaban J connectivity index is 1.94. The standard InChI is InChI=1S/C23H20N2O4/c1-28-21(26)13-18(23(27)29-2)22-16-8-4-3-7-15(16)11-12-25(22)20-14-24-19-10-6-5-9-17(19)20/h3-14,22,24H,1-2H3/b18-13-. The molecule has 0 radical (unpaired) electrons. The Bertz CT molecular complexity index is 1140. The highest BCUT2D eigenvalue weighted by Crippen LogP contribution is 2.41. The molecule has 1 aliphatic heterocycles. The Morgan fingerprint density at radius 3 is 2.59 bits per heavy atom. The molecule has 0 fully saturated rings. The third-order valence-electron chi connectivity index (χ3n) is 5.02. The monoisotopic (exact) mass is 388 g/mol. The van der Waals surface area contributed by atoms with E-state index in [9.17, 15) is 9.59 Å². The zero-order valence-electron chi connectivity index (χ0n) is 16.1. The summed E-state index contributed by atoms with van der Waals surface area (Å²) in [6.45, 7) is 0. The van der Waals surface area contributed by atoms with Gasteiger partial charge in [-0.05, 0) is 23.3 Å². The fourth-order valence-corrected chi connectivity index (χ4v) is 3.67. The van der Waals surface area contributed by atoms with Crippen molar-refractivity contribution in [1.29, 1.82) is 0 Å². The van der Waals surface area contributed by atoms with E-state index in [0.717, 1.165) is 27.7 Å². The molecule has 6 heteroatoms. The van der Waals surface area contributed by atoms with Crippen molar-refractivity contribution in [3.8, 4) is 0 Å². The molecule has 0 saturated carbocycles. The molecule has 0 amide bonds. The minimum absolute atomic E-state index is 0.196. The van der Waals surface area contributed by atoms with Gasteiger partial charge in [-0.2, -0.15) is 0 Å². The Kier molecular flexibility index (Phi) is 4.91. The van der Waals surface area contributed by atoms with Gasteiger partial charge in [0.15, 0.2) is 0 Å². The van der Waals surface area contributed by atoms with Gasteiger partial charge in [-0.3, -0.25) is 0 Å². The first-order valence-corrected chi connectivity index (χ1v) is 9.13. The predicted octanol–water partition coefficient (Wildman–Crippen LogP) is 3.97. The lowest BCUT2D eigenvalue weighted by Crippen LogP contribution is -2.31. The van der Waals surface area contributed by atoms with Gasteiger partial charge in [-0.15, -0.1) is 0 Å². The van der Waals surface area contributed by atoms with E-state index < -0.39 is 18.0 Å². The van der Waals surface area contributed by atoms with Crippen LogP contribution in [0.5, 0.6) is 0 Å². The Labute approximate surface area is 168 Å². The molecule has 0 spiro atoms. The number of ether oxygens (including phenoxy) is 2. The molecule has 6 nitrogen and oxygen atoms in total. The van der Waals surface area contributed by atoms with Gasteiger partial charge in [-0.1, -0.05) is 42.5 Å². The lowest BCUT2D eigenvalue weighted by molar-refractivity contribution is -0.138. The van der Waals surface area contributed by atoms with Crippen molar-refractivity contribution >= 4 is 34.6 Å². The summed E-state index contributed by atoms with van der Waals surface area (Å²) < 4.78 is 9.79. The topological polar surface area (TPSA) is 71.6 Å². The van der Waals surface area contributed by atoms with Crippen molar-refractivity contribution in [2.24, 2.45) is 0 Å². The van der Waals surface area contributed by atoms with E-state index in [0.29, 0.717) is 0 Å². The fraction of sp³-hybridized carbons (Fsp3) is 0.130. The fourth-order valence-electron chi connectivity index (χ4n) is 3.67. The molecule has 0 bridgehead atoms. The number of H-pyrrole nitrogens is 1. The lowest BCUT2D eigenvalue weighted by Gasteiger charge is -2.35. The van der Waals surface area contributed by atoms with Crippen molar-refractivity contribution < 1.29 is 19.1 Å². The largest absolute Gasteiger partial charge is 0.466 e. The van der Waals surface area contributed by atoms with E-state index in [1.54, 1.807) is 0 Å². The molecule has 1 atom stereocenters. The molecule has 1 aromatic heterocycles. The van der Waals surface area contributed by atoms with Gasteiger partial charge >= 0.3 is 11.9 Å². The molecule has 3 aromatic rings. The first kappa shape index (κ1) is 18.6. The molecule has 1 N–H and O–H groups in total. The maximum Gasteiger partial charge on any atom is 0.336 e. The van der Waals surface area contributed by atoms with Gasteiger partial charge in [0.1, 0.15) is 0 Å². The first-order chi connectivity index (χ1) is 14.1. The predicted molar refractivity (Wildman–Crippen MR) is 111 cm³/mol. The number of aromatic amines is 1. The molecule has 2 aromatic carbocycles. The number of carbonyl (C=O) groups excluding carboxylic acids is 2. The number of esters is 2. The van der Waals surface area contributed by atoms with Crippen LogP contribution in [-0.4, -0.2) is 31.1 Å². The maximum absolute atomic E-state index is 12.7. The summed E-state index contributed by atoms with van der Waals surface area (Å²) in [6.07, 6.45) is 6.99. The van der Waals surface area contributed by atoms with E-state index in [1.165, 1.54) is 20.3 Å². The first-order valence-electron chi connectivity index (χ1n) is 9.13. The van der Waals surface area contributed by atoms with Gasteiger partial charge in [0, 0.05) is 29.4 Å². The van der Waals surface area contributed by atoms with Crippen LogP contribution in [0.15, 0.2) is 72.6 Å². The molecule has 2 heterocycles. The molecule has 4 rings (SSSR count). The number of aromatic nitrogens is 1. The summed E-state index contributed by atoms with van der Waals surface area (Å²) in [7, 11) is 2.58. The van der Waals surface area contributed by atoms with E-state index in [-0.39, 0.29) is 5.57 Å². The number of carbonyl (C=O) groups is 2. The van der Waals surface area contributed by atoms with Crippen LogP contribution >= 0.6 is 0 Å². The lowest BCUT2D eigenvalue weighted by atomic mass is 9.89. The smallest absolute Gasteiger partial charge is 0.336 e. The second kappa shape index (κ2) is 7.67. The Hall–Kier alpha value is -3.80. The van der Waals surface area contributed by atoms with E-state index in [4.69, 9.17) is 9.47 Å². The van der Waals surface area contributed by atoms with E-state index >= 15 is 0 Å². The summed E-state index contributed by atoms with van der Waals surface area (Å²) in [5.41, 5.74) is 3.91. The van der Waals surface area contributed by atoms with Crippen molar-refractivity contribution in [1.82, 2.24) is 4.98 Å². The van der Waals surface area contributed by atoms with Gasteiger partial charge in [0.2, 0.25) is 0 Å². The van der Waals surface area contributed by atoms with E-state index in [1.807, 2.05) is 71.9 Å². The minimum Gasteiger partial charge on any atom is -0.466 e. The third kappa shape index (κ3) is 3.29. The van der Waals surface area contributed by atoms with Crippen molar-refractivity contribution in [3.05, 3.63) is 83.7 Å². The van der Waals surface area contributed by atoms with Crippen molar-refractivity contribution in [2.45, 2.75) is 6.04 Å². The number of benzene rings is 2. The number of methoxy groups -OCH3 is 2. The van der Waals surface area contributed by atoms with Gasteiger partial charge in [0.05, 0.1) is 31.5 Å². The molecule has 29 heavy (non-hydrogen) atoms. The van der Waals surface area contributed by atoms with Crippen molar-refractivity contribution in [3.63, 3.8) is 0 Å². The van der Waals surface area contributed by atoms with Crippen LogP contribution in [0.2, 0.25) is 0 Å². The van der Waals surface area contributed by atoms with Crippen LogP contribution in [0.1, 0.15) is 17.2 Å². The van der Waals surface area contributed by atoms with Crippen LogP contribution in [0.25, 0.3) is 17.0 Å². The number of hydrogen-bond donors (Lipinski definition) is 1. The summed E-state index contributed by atoms with van der Waals surface area (Å²) in [4.78, 5) is 30.0. The number of nitrogens with zero attached hydrogens (tertiary/aromatic N) is 1. The number of rotatable bonds is 4. The van der Waals surface area contributed by atoms with Gasteiger partial charge < -0.3 is 19.4 Å². The average Bonchev–Trinajstić information content (AvgIpc) is 3.20. The summed E-state index contributed by atoms with van der Waals surface area (Å²) in [5.74, 6) is -1.20. The van der Waals surface area contributed by atoms with Crippen LogP contribution in [0.4, 0.5) is 5.69 Å². The van der Waals surface area contributed by atoms with Gasteiger partial charge in [-0.25, -0.2) is 9.59 Å². The maximum atomic E-state index is 12.7. The Morgan fingerprint density at radius 2 is 1.79 bits per heavy atom. The third-order valence-corrected chi connectivity index (χ3v) is 5.02. The highest BCUT2D eigenvalue weighted by Gasteiger charge is 2.33. The van der Waals surface area contributed by atoms with Crippen LogP contribution in [0, 0.1) is 0 Å². The zero-order chi connectivity index (χ0) is 20.4. The normalized spacial score (nSPS) is 15.9. The molecule has 0 saturated heterocycles. The minimum atomic E-state index is -0.615. The molecule has 1 unspecified atom stereocenters. The van der Waals surface area contributed by atoms with Crippen LogP contribution in [0.3, 0.4) is 0 Å². The highest BCUT2D eigenvalue weighted by molar-refractivity contribution is 6.00. The molecular formula is C23H20N2O4. The Morgan fingerprint density at radius 1 is 1.03 bits per heavy atom. The second-order valence-corrected chi connectivity index (χ2v) is 6.59. The summed E-state index contributed by atoms with van der Waals surface area (Å²) in [6, 6.07) is 15.1. The molecule has 146 valence electrons.